The van der Waals surface area contributed by atoms with Crippen molar-refractivity contribution in [1.82, 2.24) is 14.9 Å². The van der Waals surface area contributed by atoms with Crippen LogP contribution in [0.3, 0.4) is 0 Å². The normalized spacial score (nSPS) is 10.3. The van der Waals surface area contributed by atoms with Crippen molar-refractivity contribution in [2.75, 3.05) is 18.4 Å². The van der Waals surface area contributed by atoms with Crippen LogP contribution in [0, 0.1) is 31.6 Å². The van der Waals surface area contributed by atoms with Gasteiger partial charge in [-0.05, 0) is 43.7 Å². The average molecular weight is 584 g/mol. The highest BCUT2D eigenvalue weighted by molar-refractivity contribution is 5.97. The van der Waals surface area contributed by atoms with E-state index in [1.807, 2.05) is 26.0 Å². The minimum absolute atomic E-state index is 0.0555. The number of amides is 1. The Balaban J connectivity index is 1.83. The molecule has 1 aromatic heterocycles. The molecule has 0 radical (unpaired) electrons. The Labute approximate surface area is 245 Å². The summed E-state index contributed by atoms with van der Waals surface area (Å²) in [4.78, 5) is 45.2. The zero-order valence-corrected chi connectivity index (χ0v) is 23.1. The molecule has 0 saturated carbocycles. The third-order valence-electron chi connectivity index (χ3n) is 6.15. The van der Waals surface area contributed by atoms with E-state index in [0.717, 1.165) is 11.6 Å². The smallest absolute Gasteiger partial charge is 0.373 e. The predicted octanol–water partition coefficient (Wildman–Crippen LogP) is 5.84. The van der Waals surface area contributed by atoms with E-state index >= 15 is 0 Å². The van der Waals surface area contributed by atoms with E-state index in [1.54, 1.807) is 29.2 Å². The Kier molecular flexibility index (Phi) is 9.38. The second-order valence-corrected chi connectivity index (χ2v) is 8.86. The van der Waals surface area contributed by atoms with Crippen molar-refractivity contribution in [3.05, 3.63) is 110 Å². The summed E-state index contributed by atoms with van der Waals surface area (Å²) in [6.07, 6.45) is 0. The quantitative estimate of drug-likeness (QED) is 0.156. The van der Waals surface area contributed by atoms with Gasteiger partial charge in [0.25, 0.3) is 11.6 Å². The SMILES string of the molecule is CCN(CC)C(=O)c1ccc(C#N)cc1Oc1nc(NCc2ccccc2)c([N+](=O)[O-])c(Oc2cccc([N+](=O)[O-])c2)n1. The van der Waals surface area contributed by atoms with Crippen LogP contribution >= 0.6 is 0 Å². The lowest BCUT2D eigenvalue weighted by Gasteiger charge is -2.20. The molecular formula is C29H25N7O7. The van der Waals surface area contributed by atoms with Crippen LogP contribution < -0.4 is 14.8 Å². The topological polar surface area (TPSA) is 187 Å². The molecule has 0 atom stereocenters. The third kappa shape index (κ3) is 7.16. The number of anilines is 1. The molecule has 0 fully saturated rings. The minimum atomic E-state index is -0.755. The number of nitro benzene ring substituents is 1. The van der Waals surface area contributed by atoms with E-state index in [-0.39, 0.29) is 46.6 Å². The van der Waals surface area contributed by atoms with E-state index in [2.05, 4.69) is 15.3 Å². The van der Waals surface area contributed by atoms with E-state index in [0.29, 0.717) is 13.1 Å². The minimum Gasteiger partial charge on any atom is -0.433 e. The summed E-state index contributed by atoms with van der Waals surface area (Å²) in [6, 6.07) is 19.8. The number of nitriles is 1. The third-order valence-corrected chi connectivity index (χ3v) is 6.15. The molecule has 1 heterocycles. The number of benzene rings is 3. The second kappa shape index (κ2) is 13.5. The molecule has 3 aromatic carbocycles. The number of hydrogen-bond donors (Lipinski definition) is 1. The van der Waals surface area contributed by atoms with Gasteiger partial charge in [-0.3, -0.25) is 25.0 Å². The summed E-state index contributed by atoms with van der Waals surface area (Å²) in [5.41, 5.74) is 0.127. The number of aromatic nitrogens is 2. The summed E-state index contributed by atoms with van der Waals surface area (Å²) in [6.45, 7) is 4.58. The number of carbonyl (C=O) groups excluding carboxylic acids is 1. The van der Waals surface area contributed by atoms with Crippen molar-refractivity contribution in [2.45, 2.75) is 20.4 Å². The molecule has 0 spiro atoms. The first-order chi connectivity index (χ1) is 20.7. The zero-order valence-electron chi connectivity index (χ0n) is 23.1. The number of carbonyl (C=O) groups is 1. The first kappa shape index (κ1) is 29.9. The lowest BCUT2D eigenvalue weighted by atomic mass is 10.1. The van der Waals surface area contributed by atoms with Crippen LogP contribution in [0.1, 0.15) is 35.3 Å². The number of rotatable bonds is 12. The van der Waals surface area contributed by atoms with Gasteiger partial charge in [-0.2, -0.15) is 15.2 Å². The van der Waals surface area contributed by atoms with Crippen LogP contribution in [0.25, 0.3) is 0 Å². The van der Waals surface area contributed by atoms with Gasteiger partial charge in [-0.25, -0.2) is 0 Å². The van der Waals surface area contributed by atoms with E-state index in [4.69, 9.17) is 9.47 Å². The summed E-state index contributed by atoms with van der Waals surface area (Å²) >= 11 is 0. The number of hydrogen-bond acceptors (Lipinski definition) is 11. The fraction of sp³-hybridized carbons (Fsp3) is 0.172. The Morgan fingerprint density at radius 3 is 2.35 bits per heavy atom. The summed E-state index contributed by atoms with van der Waals surface area (Å²) in [5.74, 6) is -1.37. The van der Waals surface area contributed by atoms with Gasteiger partial charge in [0.2, 0.25) is 5.82 Å². The second-order valence-electron chi connectivity index (χ2n) is 8.86. The highest BCUT2D eigenvalue weighted by Gasteiger charge is 2.29. The largest absolute Gasteiger partial charge is 0.433 e. The summed E-state index contributed by atoms with van der Waals surface area (Å²) in [5, 5.41) is 35.9. The molecule has 1 amide bonds. The number of nitrogens with zero attached hydrogens (tertiary/aromatic N) is 6. The molecule has 0 aliphatic rings. The van der Waals surface area contributed by atoms with Gasteiger partial charge in [-0.15, -0.1) is 0 Å². The number of nitrogens with one attached hydrogen (secondary N) is 1. The molecule has 4 rings (SSSR count). The molecule has 14 heteroatoms. The number of non-ortho nitro benzene ring substituents is 1. The Bertz CT molecular complexity index is 1700. The van der Waals surface area contributed by atoms with Gasteiger partial charge in [0.15, 0.2) is 0 Å². The van der Waals surface area contributed by atoms with Crippen LogP contribution in [-0.4, -0.2) is 43.7 Å². The highest BCUT2D eigenvalue weighted by atomic mass is 16.6. The maximum absolute atomic E-state index is 13.2. The van der Waals surface area contributed by atoms with Crippen molar-refractivity contribution in [3.8, 4) is 29.5 Å². The summed E-state index contributed by atoms with van der Waals surface area (Å²) < 4.78 is 11.6. The van der Waals surface area contributed by atoms with Crippen molar-refractivity contribution >= 4 is 23.1 Å². The average Bonchev–Trinajstić information content (AvgIpc) is 3.00. The monoisotopic (exact) mass is 583 g/mol. The molecule has 0 saturated heterocycles. The molecule has 218 valence electrons. The van der Waals surface area contributed by atoms with Crippen LogP contribution in [0.2, 0.25) is 0 Å². The predicted molar refractivity (Wildman–Crippen MR) is 154 cm³/mol. The lowest BCUT2D eigenvalue weighted by molar-refractivity contribution is -0.385. The van der Waals surface area contributed by atoms with Gasteiger partial charge < -0.3 is 19.7 Å². The Hall–Kier alpha value is -6.10. The zero-order chi connectivity index (χ0) is 30.9. The van der Waals surface area contributed by atoms with Crippen LogP contribution in [0.5, 0.6) is 23.4 Å². The maximum Gasteiger partial charge on any atom is 0.373 e. The molecule has 0 bridgehead atoms. The standard InChI is InChI=1S/C29H25N7O7/c1-3-34(4-2)28(37)23-14-13-20(17-30)15-24(23)43-29-32-26(31-18-19-9-6-5-7-10-19)25(36(40)41)27(33-29)42-22-12-8-11-21(16-22)35(38)39/h5-16H,3-4,18H2,1-2H3,(H,31,32,33). The van der Waals surface area contributed by atoms with Crippen molar-refractivity contribution in [3.63, 3.8) is 0 Å². The van der Waals surface area contributed by atoms with Crippen molar-refractivity contribution in [2.24, 2.45) is 0 Å². The first-order valence-corrected chi connectivity index (χ1v) is 13.0. The van der Waals surface area contributed by atoms with Crippen molar-refractivity contribution in [1.29, 1.82) is 5.26 Å². The summed E-state index contributed by atoms with van der Waals surface area (Å²) in [7, 11) is 0. The molecular weight excluding hydrogens is 558 g/mol. The van der Waals surface area contributed by atoms with E-state index in [9.17, 15) is 30.3 Å². The van der Waals surface area contributed by atoms with Gasteiger partial charge in [0.05, 0.1) is 33.1 Å². The van der Waals surface area contributed by atoms with Gasteiger partial charge in [0.1, 0.15) is 11.5 Å². The Morgan fingerprint density at radius 2 is 1.70 bits per heavy atom. The molecule has 43 heavy (non-hydrogen) atoms. The lowest BCUT2D eigenvalue weighted by Crippen LogP contribution is -2.30. The molecule has 0 aliphatic carbocycles. The van der Waals surface area contributed by atoms with Crippen molar-refractivity contribution < 1.29 is 24.1 Å². The molecule has 1 N–H and O–H groups in total. The Morgan fingerprint density at radius 1 is 0.953 bits per heavy atom. The molecule has 14 nitrogen and oxygen atoms in total. The van der Waals surface area contributed by atoms with Gasteiger partial charge in [0, 0.05) is 25.7 Å². The van der Waals surface area contributed by atoms with Gasteiger partial charge >= 0.3 is 17.6 Å². The fourth-order valence-electron chi connectivity index (χ4n) is 4.01. The van der Waals surface area contributed by atoms with Crippen LogP contribution in [0.4, 0.5) is 17.2 Å². The number of ether oxygens (including phenoxy) is 2. The first-order valence-electron chi connectivity index (χ1n) is 13.0. The molecule has 0 unspecified atom stereocenters. The molecule has 4 aromatic rings. The van der Waals surface area contributed by atoms with E-state index < -0.39 is 27.4 Å². The van der Waals surface area contributed by atoms with Gasteiger partial charge in [-0.1, -0.05) is 36.4 Å². The highest BCUT2D eigenvalue weighted by Crippen LogP contribution is 2.39. The fourth-order valence-corrected chi connectivity index (χ4v) is 4.01. The maximum atomic E-state index is 13.2. The molecule has 0 aliphatic heterocycles. The van der Waals surface area contributed by atoms with Crippen LogP contribution in [0.15, 0.2) is 72.8 Å². The van der Waals surface area contributed by atoms with Crippen LogP contribution in [-0.2, 0) is 6.54 Å². The number of nitro groups is 2. The van der Waals surface area contributed by atoms with E-state index in [1.165, 1.54) is 36.4 Å².